The lowest BCUT2D eigenvalue weighted by molar-refractivity contribution is 0.252. The lowest BCUT2D eigenvalue weighted by atomic mass is 10.2. The molecule has 7 heteroatoms. The number of nitrogens with one attached hydrogen (secondary N) is 2. The lowest BCUT2D eigenvalue weighted by Gasteiger charge is -2.09. The Balaban J connectivity index is 1.50. The molecular weight excluding hydrogens is 298 g/mol. The van der Waals surface area contributed by atoms with Gasteiger partial charge in [-0.15, -0.1) is 21.5 Å². The second kappa shape index (κ2) is 6.91. The Labute approximate surface area is 133 Å². The quantitative estimate of drug-likeness (QED) is 0.910. The van der Waals surface area contributed by atoms with E-state index in [0.29, 0.717) is 13.0 Å². The molecule has 1 aliphatic rings. The average Bonchev–Trinajstić information content (AvgIpc) is 2.98. The van der Waals surface area contributed by atoms with Gasteiger partial charge < -0.3 is 15.2 Å². The summed E-state index contributed by atoms with van der Waals surface area (Å²) in [4.78, 5) is 11.9. The van der Waals surface area contributed by atoms with Crippen LogP contribution in [0.2, 0.25) is 0 Å². The van der Waals surface area contributed by atoms with Gasteiger partial charge in [0.05, 0.1) is 5.69 Å². The molecule has 0 saturated heterocycles. The Hall–Kier alpha value is -1.89. The third kappa shape index (κ3) is 3.47. The lowest BCUT2D eigenvalue weighted by Crippen LogP contribution is -2.31. The van der Waals surface area contributed by atoms with E-state index < -0.39 is 0 Å². The van der Waals surface area contributed by atoms with Crippen LogP contribution in [-0.2, 0) is 19.4 Å². The smallest absolute Gasteiger partial charge is 0.319 e. The highest BCUT2D eigenvalue weighted by Gasteiger charge is 2.14. The molecule has 0 aliphatic carbocycles. The number of amides is 2. The maximum atomic E-state index is 11.9. The Morgan fingerprint density at radius 1 is 1.32 bits per heavy atom. The SMILES string of the molecule is Cc1cscc1NC(=O)NCCc1nnc2n1CCCCC2. The summed E-state index contributed by atoms with van der Waals surface area (Å²) in [6, 6.07) is -0.169. The summed E-state index contributed by atoms with van der Waals surface area (Å²) in [6.07, 6.45) is 5.35. The molecule has 0 spiro atoms. The number of hydrogen-bond donors (Lipinski definition) is 2. The largest absolute Gasteiger partial charge is 0.337 e. The van der Waals surface area contributed by atoms with E-state index in [1.165, 1.54) is 19.3 Å². The third-order valence-corrected chi connectivity index (χ3v) is 4.79. The molecule has 1 aliphatic heterocycles. The highest BCUT2D eigenvalue weighted by Crippen LogP contribution is 2.19. The molecule has 0 saturated carbocycles. The van der Waals surface area contributed by atoms with Gasteiger partial charge in [0.15, 0.2) is 0 Å². The summed E-state index contributed by atoms with van der Waals surface area (Å²) in [5, 5.41) is 18.2. The molecule has 118 valence electrons. The number of anilines is 1. The van der Waals surface area contributed by atoms with Crippen molar-refractivity contribution in [2.45, 2.75) is 45.6 Å². The van der Waals surface area contributed by atoms with Crippen molar-refractivity contribution < 1.29 is 4.79 Å². The number of hydrogen-bond acceptors (Lipinski definition) is 4. The predicted octanol–water partition coefficient (Wildman–Crippen LogP) is 2.74. The van der Waals surface area contributed by atoms with Crippen LogP contribution in [0, 0.1) is 6.92 Å². The topological polar surface area (TPSA) is 71.8 Å². The number of aromatic nitrogens is 3. The zero-order valence-electron chi connectivity index (χ0n) is 12.8. The van der Waals surface area contributed by atoms with E-state index in [4.69, 9.17) is 0 Å². The maximum Gasteiger partial charge on any atom is 0.319 e. The van der Waals surface area contributed by atoms with Crippen LogP contribution in [0.5, 0.6) is 0 Å². The Bertz CT molecular complexity index is 648. The molecule has 0 bridgehead atoms. The molecule has 0 atom stereocenters. The zero-order valence-corrected chi connectivity index (χ0v) is 13.6. The summed E-state index contributed by atoms with van der Waals surface area (Å²) in [5.41, 5.74) is 1.96. The summed E-state index contributed by atoms with van der Waals surface area (Å²) in [5.74, 6) is 2.06. The second-order valence-electron chi connectivity index (χ2n) is 5.59. The predicted molar refractivity (Wildman–Crippen MR) is 87.4 cm³/mol. The van der Waals surface area contributed by atoms with Gasteiger partial charge in [-0.25, -0.2) is 4.79 Å². The van der Waals surface area contributed by atoms with Gasteiger partial charge in [0.2, 0.25) is 0 Å². The van der Waals surface area contributed by atoms with Gasteiger partial charge in [-0.3, -0.25) is 0 Å². The minimum absolute atomic E-state index is 0.169. The molecule has 2 amide bonds. The molecule has 2 aromatic rings. The number of carbonyl (C=O) groups excluding carboxylic acids is 1. The van der Waals surface area contributed by atoms with E-state index in [9.17, 15) is 4.79 Å². The molecule has 6 nitrogen and oxygen atoms in total. The van der Waals surface area contributed by atoms with Gasteiger partial charge in [0.25, 0.3) is 0 Å². The van der Waals surface area contributed by atoms with Crippen molar-refractivity contribution in [3.8, 4) is 0 Å². The molecular formula is C15H21N5OS. The van der Waals surface area contributed by atoms with Crippen LogP contribution >= 0.6 is 11.3 Å². The van der Waals surface area contributed by atoms with Crippen molar-refractivity contribution in [2.24, 2.45) is 0 Å². The molecule has 22 heavy (non-hydrogen) atoms. The monoisotopic (exact) mass is 319 g/mol. The Morgan fingerprint density at radius 3 is 3.05 bits per heavy atom. The zero-order chi connectivity index (χ0) is 15.4. The number of urea groups is 1. The Morgan fingerprint density at radius 2 is 2.23 bits per heavy atom. The van der Waals surface area contributed by atoms with E-state index >= 15 is 0 Å². The van der Waals surface area contributed by atoms with Gasteiger partial charge in [-0.1, -0.05) is 6.42 Å². The molecule has 3 heterocycles. The van der Waals surface area contributed by atoms with Crippen LogP contribution in [0.3, 0.4) is 0 Å². The van der Waals surface area contributed by atoms with Gasteiger partial charge in [0.1, 0.15) is 11.6 Å². The van der Waals surface area contributed by atoms with Crippen molar-refractivity contribution in [1.82, 2.24) is 20.1 Å². The first-order valence-electron chi connectivity index (χ1n) is 7.72. The number of nitrogens with zero attached hydrogens (tertiary/aromatic N) is 3. The summed E-state index contributed by atoms with van der Waals surface area (Å²) >= 11 is 1.58. The number of fused-ring (bicyclic) bond motifs is 1. The van der Waals surface area contributed by atoms with E-state index in [1.807, 2.05) is 17.7 Å². The van der Waals surface area contributed by atoms with Gasteiger partial charge >= 0.3 is 6.03 Å². The fourth-order valence-electron chi connectivity index (χ4n) is 2.67. The third-order valence-electron chi connectivity index (χ3n) is 3.92. The minimum Gasteiger partial charge on any atom is -0.337 e. The molecule has 0 unspecified atom stereocenters. The normalized spacial score (nSPS) is 14.2. The van der Waals surface area contributed by atoms with Crippen molar-refractivity contribution in [3.05, 3.63) is 28.0 Å². The summed E-state index contributed by atoms with van der Waals surface area (Å²) < 4.78 is 2.22. The molecule has 3 rings (SSSR count). The van der Waals surface area contributed by atoms with Gasteiger partial charge in [-0.05, 0) is 30.7 Å². The summed E-state index contributed by atoms with van der Waals surface area (Å²) in [6.45, 7) is 3.54. The van der Waals surface area contributed by atoms with Crippen molar-refractivity contribution >= 4 is 23.1 Å². The molecule has 2 N–H and O–H groups in total. The fourth-order valence-corrected chi connectivity index (χ4v) is 3.45. The average molecular weight is 319 g/mol. The van der Waals surface area contributed by atoms with Crippen LogP contribution in [0.15, 0.2) is 10.8 Å². The van der Waals surface area contributed by atoms with E-state index in [0.717, 1.165) is 35.9 Å². The standard InChI is InChI=1S/C15H21N5OS/c1-11-9-22-10-12(11)17-15(21)16-7-6-14-19-18-13-5-3-2-4-8-20(13)14/h9-10H,2-8H2,1H3,(H2,16,17,21). The van der Waals surface area contributed by atoms with Crippen LogP contribution in [0.4, 0.5) is 10.5 Å². The highest BCUT2D eigenvalue weighted by atomic mass is 32.1. The van der Waals surface area contributed by atoms with E-state index in [-0.39, 0.29) is 6.03 Å². The molecule has 2 aromatic heterocycles. The molecule has 0 radical (unpaired) electrons. The molecule has 0 fully saturated rings. The number of aryl methyl sites for hydroxylation is 2. The van der Waals surface area contributed by atoms with Crippen LogP contribution < -0.4 is 10.6 Å². The first-order valence-corrected chi connectivity index (χ1v) is 8.67. The van der Waals surface area contributed by atoms with Crippen LogP contribution in [0.1, 0.15) is 36.5 Å². The maximum absolute atomic E-state index is 11.9. The van der Waals surface area contributed by atoms with Crippen molar-refractivity contribution in [1.29, 1.82) is 0 Å². The van der Waals surface area contributed by atoms with Crippen LogP contribution in [-0.4, -0.2) is 27.3 Å². The first kappa shape index (κ1) is 15.0. The highest BCUT2D eigenvalue weighted by molar-refractivity contribution is 7.08. The molecule has 0 aromatic carbocycles. The van der Waals surface area contributed by atoms with Crippen molar-refractivity contribution in [3.63, 3.8) is 0 Å². The second-order valence-corrected chi connectivity index (χ2v) is 6.34. The van der Waals surface area contributed by atoms with Gasteiger partial charge in [0, 0.05) is 31.3 Å². The van der Waals surface area contributed by atoms with Gasteiger partial charge in [-0.2, -0.15) is 0 Å². The Kier molecular flexibility index (Phi) is 4.72. The van der Waals surface area contributed by atoms with E-state index in [1.54, 1.807) is 11.3 Å². The number of thiophene rings is 1. The minimum atomic E-state index is -0.169. The first-order chi connectivity index (χ1) is 10.7. The van der Waals surface area contributed by atoms with E-state index in [2.05, 4.69) is 25.4 Å². The van der Waals surface area contributed by atoms with Crippen LogP contribution in [0.25, 0.3) is 0 Å². The van der Waals surface area contributed by atoms with Crippen molar-refractivity contribution in [2.75, 3.05) is 11.9 Å². The number of rotatable bonds is 4. The summed E-state index contributed by atoms with van der Waals surface area (Å²) in [7, 11) is 0. The number of carbonyl (C=O) groups is 1. The fraction of sp³-hybridized carbons (Fsp3) is 0.533.